The fourth-order valence-corrected chi connectivity index (χ4v) is 7.20. The molecule has 0 nitrogen and oxygen atoms in total. The van der Waals surface area contributed by atoms with E-state index in [1.807, 2.05) is 0 Å². The number of rotatable bonds is 4. The van der Waals surface area contributed by atoms with Gasteiger partial charge >= 0.3 is 0 Å². The second-order valence-electron chi connectivity index (χ2n) is 7.35. The minimum Gasteiger partial charge on any atom is -0.0686 e. The molecule has 0 aromatic heterocycles. The third-order valence-electron chi connectivity index (χ3n) is 5.25. The summed E-state index contributed by atoms with van der Waals surface area (Å²) in [6.45, 7) is 9.94. The fourth-order valence-electron chi connectivity index (χ4n) is 4.22. The first-order valence-electron chi connectivity index (χ1n) is 8.22. The monoisotopic (exact) mass is 294 g/mol. The largest absolute Gasteiger partial charge is 0.0686 e. The molecule has 1 heteroatoms. The second-order valence-corrected chi connectivity index (χ2v) is 12.7. The molecule has 0 unspecified atom stereocenters. The van der Waals surface area contributed by atoms with Crippen LogP contribution < -0.4 is 0 Å². The molecular weight excluding hydrogens is 268 g/mol. The van der Waals surface area contributed by atoms with E-state index in [4.69, 9.17) is 0 Å². The summed E-state index contributed by atoms with van der Waals surface area (Å²) in [4.78, 5) is 0. The summed E-state index contributed by atoms with van der Waals surface area (Å²) in [5.74, 6) is 0. The van der Waals surface area contributed by atoms with Crippen molar-refractivity contribution in [1.29, 1.82) is 0 Å². The van der Waals surface area contributed by atoms with Crippen molar-refractivity contribution in [2.45, 2.75) is 50.9 Å². The zero-order chi connectivity index (χ0) is 15.1. The topological polar surface area (TPSA) is 0 Å². The van der Waals surface area contributed by atoms with Gasteiger partial charge in [-0.3, -0.25) is 0 Å². The predicted molar refractivity (Wildman–Crippen MR) is 95.5 cm³/mol. The highest BCUT2D eigenvalue weighted by atomic mass is 28.3. The normalized spacial score (nSPS) is 15.6. The van der Waals surface area contributed by atoms with E-state index >= 15 is 0 Å². The molecule has 0 saturated carbocycles. The molecule has 0 bridgehead atoms. The Kier molecular flexibility index (Phi) is 3.57. The molecule has 1 aliphatic rings. The van der Waals surface area contributed by atoms with Gasteiger partial charge in [0.2, 0.25) is 0 Å². The molecule has 0 atom stereocenters. The molecule has 110 valence electrons. The molecule has 0 N–H and O–H groups in total. The van der Waals surface area contributed by atoms with E-state index in [2.05, 4.69) is 75.1 Å². The van der Waals surface area contributed by atoms with Crippen LogP contribution in [0.1, 0.15) is 37.3 Å². The highest BCUT2D eigenvalue weighted by molar-refractivity contribution is 6.80. The molecule has 2 aromatic rings. The van der Waals surface area contributed by atoms with E-state index in [9.17, 15) is 0 Å². The SMILES string of the molecule is CCCCC1([Si](C)(C)C)c2ccccc2-c2ccccc21. The van der Waals surface area contributed by atoms with Crippen LogP contribution in [0.5, 0.6) is 0 Å². The molecular formula is C20H26Si. The maximum atomic E-state index is 2.54. The first kappa shape index (κ1) is 14.6. The minimum atomic E-state index is -1.41. The number of fused-ring (bicyclic) bond motifs is 3. The average Bonchev–Trinajstić information content (AvgIpc) is 2.76. The maximum absolute atomic E-state index is 2.54. The summed E-state index contributed by atoms with van der Waals surface area (Å²) >= 11 is 0. The maximum Gasteiger partial charge on any atom is 0.0613 e. The lowest BCUT2D eigenvalue weighted by molar-refractivity contribution is 0.586. The van der Waals surface area contributed by atoms with Crippen LogP contribution in [0, 0.1) is 0 Å². The van der Waals surface area contributed by atoms with Gasteiger partial charge in [-0.2, -0.15) is 0 Å². The Morgan fingerprint density at radius 2 is 1.29 bits per heavy atom. The van der Waals surface area contributed by atoms with E-state index in [1.54, 1.807) is 11.1 Å². The van der Waals surface area contributed by atoms with Crippen molar-refractivity contribution in [2.75, 3.05) is 0 Å². The smallest absolute Gasteiger partial charge is 0.0613 e. The number of benzene rings is 2. The van der Waals surface area contributed by atoms with E-state index < -0.39 is 8.07 Å². The molecule has 3 rings (SSSR count). The van der Waals surface area contributed by atoms with E-state index in [0.29, 0.717) is 0 Å². The van der Waals surface area contributed by atoms with Gasteiger partial charge in [-0.25, -0.2) is 0 Å². The summed E-state index contributed by atoms with van der Waals surface area (Å²) < 4.78 is 0. The van der Waals surface area contributed by atoms with Gasteiger partial charge in [0.1, 0.15) is 0 Å². The van der Waals surface area contributed by atoms with Crippen molar-refractivity contribution < 1.29 is 0 Å². The van der Waals surface area contributed by atoms with Crippen molar-refractivity contribution >= 4 is 8.07 Å². The van der Waals surface area contributed by atoms with Gasteiger partial charge in [-0.1, -0.05) is 87.9 Å². The molecule has 0 radical (unpaired) electrons. The van der Waals surface area contributed by atoms with Gasteiger partial charge in [0.25, 0.3) is 0 Å². The molecule has 0 amide bonds. The Bertz CT molecular complexity index is 603. The second kappa shape index (κ2) is 5.13. The lowest BCUT2D eigenvalue weighted by Crippen LogP contribution is -2.49. The zero-order valence-electron chi connectivity index (χ0n) is 13.7. The van der Waals surface area contributed by atoms with Crippen molar-refractivity contribution in [3.8, 4) is 11.1 Å². The standard InChI is InChI=1S/C20H26Si/c1-5-6-15-20(21(2,3)4)18-13-9-7-11-16(18)17-12-8-10-14-19(17)20/h7-14H,5-6,15H2,1-4H3. The number of hydrogen-bond acceptors (Lipinski definition) is 0. The first-order chi connectivity index (χ1) is 10.0. The first-order valence-corrected chi connectivity index (χ1v) is 11.7. The van der Waals surface area contributed by atoms with Gasteiger partial charge in [-0.05, 0) is 28.7 Å². The van der Waals surface area contributed by atoms with Crippen molar-refractivity contribution in [3.63, 3.8) is 0 Å². The van der Waals surface area contributed by atoms with Crippen LogP contribution >= 0.6 is 0 Å². The summed E-state index contributed by atoms with van der Waals surface area (Å²) in [6.07, 6.45) is 3.89. The van der Waals surface area contributed by atoms with Crippen LogP contribution in [0.25, 0.3) is 11.1 Å². The van der Waals surface area contributed by atoms with E-state index in [1.165, 1.54) is 30.4 Å². The third-order valence-corrected chi connectivity index (χ3v) is 8.60. The van der Waals surface area contributed by atoms with Crippen molar-refractivity contribution in [3.05, 3.63) is 59.7 Å². The fraction of sp³-hybridized carbons (Fsp3) is 0.400. The Morgan fingerprint density at radius 1 is 0.810 bits per heavy atom. The Labute approximate surface area is 130 Å². The molecule has 21 heavy (non-hydrogen) atoms. The Balaban J connectivity index is 2.33. The highest BCUT2D eigenvalue weighted by Gasteiger charge is 2.50. The molecule has 0 aliphatic heterocycles. The molecule has 1 aliphatic carbocycles. The summed E-state index contributed by atoms with van der Waals surface area (Å²) in [6, 6.07) is 18.3. The van der Waals surface area contributed by atoms with Crippen molar-refractivity contribution in [2.24, 2.45) is 0 Å². The van der Waals surface area contributed by atoms with E-state index in [0.717, 1.165) is 0 Å². The lowest BCUT2D eigenvalue weighted by atomic mass is 9.90. The third kappa shape index (κ3) is 2.02. The lowest BCUT2D eigenvalue weighted by Gasteiger charge is -2.43. The van der Waals surface area contributed by atoms with Crippen LogP contribution in [0.4, 0.5) is 0 Å². The Morgan fingerprint density at radius 3 is 1.71 bits per heavy atom. The predicted octanol–water partition coefficient (Wildman–Crippen LogP) is 6.02. The van der Waals surface area contributed by atoms with Crippen molar-refractivity contribution in [1.82, 2.24) is 0 Å². The minimum absolute atomic E-state index is 0.288. The van der Waals surface area contributed by atoms with Crippen LogP contribution in [-0.2, 0) is 5.04 Å². The van der Waals surface area contributed by atoms with Crippen LogP contribution in [0.15, 0.2) is 48.5 Å². The van der Waals surface area contributed by atoms with Gasteiger partial charge in [0, 0.05) is 5.04 Å². The van der Waals surface area contributed by atoms with Crippen LogP contribution in [-0.4, -0.2) is 8.07 Å². The summed E-state index contributed by atoms with van der Waals surface area (Å²) in [7, 11) is -1.41. The zero-order valence-corrected chi connectivity index (χ0v) is 14.7. The summed E-state index contributed by atoms with van der Waals surface area (Å²) in [5, 5.41) is 0.288. The van der Waals surface area contributed by atoms with Gasteiger partial charge < -0.3 is 0 Å². The molecule has 0 fully saturated rings. The van der Waals surface area contributed by atoms with Gasteiger partial charge in [0.05, 0.1) is 8.07 Å². The molecule has 0 spiro atoms. The average molecular weight is 295 g/mol. The highest BCUT2D eigenvalue weighted by Crippen LogP contribution is 2.55. The van der Waals surface area contributed by atoms with Gasteiger partial charge in [0.15, 0.2) is 0 Å². The molecule has 2 aromatic carbocycles. The molecule has 0 heterocycles. The van der Waals surface area contributed by atoms with Crippen LogP contribution in [0.3, 0.4) is 0 Å². The summed E-state index contributed by atoms with van der Waals surface area (Å²) in [5.41, 5.74) is 6.15. The van der Waals surface area contributed by atoms with Gasteiger partial charge in [-0.15, -0.1) is 0 Å². The molecule has 0 saturated heterocycles. The Hall–Kier alpha value is -1.34. The number of hydrogen-bond donors (Lipinski definition) is 0. The van der Waals surface area contributed by atoms with E-state index in [-0.39, 0.29) is 5.04 Å². The quantitative estimate of drug-likeness (QED) is 0.605. The van der Waals surface area contributed by atoms with Crippen LogP contribution in [0.2, 0.25) is 19.6 Å². The number of unbranched alkanes of at least 4 members (excludes halogenated alkanes) is 1.